The van der Waals surface area contributed by atoms with Gasteiger partial charge in [0.05, 0.1) is 0 Å². The maximum Gasteiger partial charge on any atom is 0.244 e. The van der Waals surface area contributed by atoms with E-state index < -0.39 is 6.04 Å². The molecule has 0 aliphatic carbocycles. The van der Waals surface area contributed by atoms with E-state index >= 15 is 0 Å². The Morgan fingerprint density at radius 2 is 1.70 bits per heavy atom. The van der Waals surface area contributed by atoms with Crippen LogP contribution in [-0.4, -0.2) is 17.4 Å². The minimum Gasteiger partial charge on any atom is -0.337 e. The molecule has 0 aliphatic rings. The molecule has 0 saturated carbocycles. The van der Waals surface area contributed by atoms with E-state index in [-0.39, 0.29) is 18.3 Å². The minimum atomic E-state index is -0.607. The first kappa shape index (κ1) is 19.2. The van der Waals surface area contributed by atoms with E-state index in [1.165, 1.54) is 5.56 Å². The van der Waals surface area contributed by atoms with Crippen molar-refractivity contribution in [1.29, 1.82) is 0 Å². The second-order valence-electron chi connectivity index (χ2n) is 5.67. The number of hydrogen-bond donors (Lipinski definition) is 1. The number of halogens is 1. The molecule has 2 aromatic rings. The first-order chi connectivity index (χ1) is 10.5. The van der Waals surface area contributed by atoms with Crippen LogP contribution in [0.25, 0.3) is 0 Å². The van der Waals surface area contributed by atoms with E-state index in [4.69, 9.17) is 5.73 Å². The van der Waals surface area contributed by atoms with Gasteiger partial charge in [-0.05, 0) is 37.5 Å². The Kier molecular flexibility index (Phi) is 7.27. The fraction of sp³-hybridized carbons (Fsp3) is 0.316. The van der Waals surface area contributed by atoms with Crippen molar-refractivity contribution in [3.05, 3.63) is 70.8 Å². The van der Waals surface area contributed by atoms with Gasteiger partial charge in [-0.15, -0.1) is 12.4 Å². The fourth-order valence-corrected chi connectivity index (χ4v) is 2.45. The van der Waals surface area contributed by atoms with Crippen LogP contribution in [0.4, 0.5) is 0 Å². The predicted molar refractivity (Wildman–Crippen MR) is 97.6 cm³/mol. The Balaban J connectivity index is 0.00000264. The molecule has 3 nitrogen and oxygen atoms in total. The summed E-state index contributed by atoms with van der Waals surface area (Å²) in [6.45, 7) is 7.31. The number of amides is 1. The van der Waals surface area contributed by atoms with Crippen molar-refractivity contribution in [2.24, 2.45) is 5.73 Å². The van der Waals surface area contributed by atoms with Crippen molar-refractivity contribution in [2.45, 2.75) is 33.4 Å². The summed E-state index contributed by atoms with van der Waals surface area (Å²) in [5.41, 5.74) is 10.5. The zero-order valence-corrected chi connectivity index (χ0v) is 14.8. The Hall–Kier alpha value is -1.84. The van der Waals surface area contributed by atoms with Crippen LogP contribution < -0.4 is 5.73 Å². The Morgan fingerprint density at radius 1 is 1.09 bits per heavy atom. The summed E-state index contributed by atoms with van der Waals surface area (Å²) in [6.07, 6.45) is 0. The predicted octanol–water partition coefficient (Wildman–Crippen LogP) is 3.77. The molecule has 4 heteroatoms. The molecule has 0 aliphatic heterocycles. The highest BCUT2D eigenvalue weighted by molar-refractivity contribution is 5.85. The molecular formula is C19H25ClN2O. The Morgan fingerprint density at radius 3 is 2.26 bits per heavy atom. The van der Waals surface area contributed by atoms with Gasteiger partial charge in [0.1, 0.15) is 6.04 Å². The normalized spacial score (nSPS) is 11.5. The van der Waals surface area contributed by atoms with E-state index in [1.54, 1.807) is 0 Å². The molecule has 0 heterocycles. The van der Waals surface area contributed by atoms with Crippen LogP contribution in [0.15, 0.2) is 48.5 Å². The van der Waals surface area contributed by atoms with Gasteiger partial charge >= 0.3 is 0 Å². The number of aryl methyl sites for hydroxylation is 2. The minimum absolute atomic E-state index is 0. The fourth-order valence-electron chi connectivity index (χ4n) is 2.45. The van der Waals surface area contributed by atoms with Gasteiger partial charge < -0.3 is 10.6 Å². The molecule has 2 aromatic carbocycles. The second kappa shape index (κ2) is 8.70. The first-order valence-electron chi connectivity index (χ1n) is 7.68. The van der Waals surface area contributed by atoms with Crippen LogP contribution in [0.5, 0.6) is 0 Å². The summed E-state index contributed by atoms with van der Waals surface area (Å²) in [5, 5.41) is 0. The topological polar surface area (TPSA) is 46.3 Å². The maximum atomic E-state index is 12.7. The molecule has 0 aromatic heterocycles. The van der Waals surface area contributed by atoms with Crippen LogP contribution in [0.3, 0.4) is 0 Å². The molecule has 0 saturated heterocycles. The van der Waals surface area contributed by atoms with Crippen molar-refractivity contribution < 1.29 is 4.79 Å². The summed E-state index contributed by atoms with van der Waals surface area (Å²) < 4.78 is 0. The van der Waals surface area contributed by atoms with Crippen LogP contribution in [0.2, 0.25) is 0 Å². The summed E-state index contributed by atoms with van der Waals surface area (Å²) >= 11 is 0. The number of nitrogens with two attached hydrogens (primary N) is 1. The quantitative estimate of drug-likeness (QED) is 0.905. The highest BCUT2D eigenvalue weighted by atomic mass is 35.5. The van der Waals surface area contributed by atoms with E-state index in [2.05, 4.69) is 19.1 Å². The molecule has 1 amide bonds. The number of rotatable bonds is 5. The standard InChI is InChI=1S/C19H24N2O.ClH/c1-4-21(13-17-8-6-5-7-15(17)3)19(22)18(20)16-11-9-14(2)10-12-16;/h5-12,18H,4,13,20H2,1-3H3;1H. The molecule has 23 heavy (non-hydrogen) atoms. The largest absolute Gasteiger partial charge is 0.337 e. The third-order valence-electron chi connectivity index (χ3n) is 4.02. The summed E-state index contributed by atoms with van der Waals surface area (Å²) in [4.78, 5) is 14.5. The number of carbonyl (C=O) groups excluding carboxylic acids is 1. The van der Waals surface area contributed by atoms with Crippen LogP contribution in [0.1, 0.15) is 35.2 Å². The van der Waals surface area contributed by atoms with Gasteiger partial charge in [-0.1, -0.05) is 54.1 Å². The SMILES string of the molecule is CCN(Cc1ccccc1C)C(=O)C(N)c1ccc(C)cc1.Cl. The van der Waals surface area contributed by atoms with Crippen LogP contribution >= 0.6 is 12.4 Å². The van der Waals surface area contributed by atoms with Crippen molar-refractivity contribution in [2.75, 3.05) is 6.54 Å². The van der Waals surface area contributed by atoms with Crippen molar-refractivity contribution in [3.63, 3.8) is 0 Å². The smallest absolute Gasteiger partial charge is 0.244 e. The molecular weight excluding hydrogens is 308 g/mol. The lowest BCUT2D eigenvalue weighted by molar-refractivity contribution is -0.133. The van der Waals surface area contributed by atoms with Gasteiger partial charge in [0.25, 0.3) is 0 Å². The number of carbonyl (C=O) groups is 1. The lowest BCUT2D eigenvalue weighted by atomic mass is 10.0. The second-order valence-corrected chi connectivity index (χ2v) is 5.67. The van der Waals surface area contributed by atoms with Crippen LogP contribution in [0, 0.1) is 13.8 Å². The number of likely N-dealkylation sites (N-methyl/N-ethyl adjacent to an activating group) is 1. The summed E-state index contributed by atoms with van der Waals surface area (Å²) in [6, 6.07) is 15.4. The molecule has 1 unspecified atom stereocenters. The molecule has 1 atom stereocenters. The molecule has 0 spiro atoms. The van der Waals surface area contributed by atoms with Crippen LogP contribution in [-0.2, 0) is 11.3 Å². The first-order valence-corrected chi connectivity index (χ1v) is 7.68. The highest BCUT2D eigenvalue weighted by Crippen LogP contribution is 2.17. The van der Waals surface area contributed by atoms with E-state index in [1.807, 2.05) is 55.1 Å². The van der Waals surface area contributed by atoms with Crippen molar-refractivity contribution in [1.82, 2.24) is 4.90 Å². The summed E-state index contributed by atoms with van der Waals surface area (Å²) in [5.74, 6) is -0.0328. The molecule has 2 N–H and O–H groups in total. The van der Waals surface area contributed by atoms with Crippen molar-refractivity contribution in [3.8, 4) is 0 Å². The van der Waals surface area contributed by atoms with Gasteiger partial charge in [-0.3, -0.25) is 4.79 Å². The Bertz CT molecular complexity index is 640. The lowest BCUT2D eigenvalue weighted by Gasteiger charge is -2.25. The van der Waals surface area contributed by atoms with E-state index in [0.717, 1.165) is 16.7 Å². The van der Waals surface area contributed by atoms with Gasteiger partial charge in [-0.2, -0.15) is 0 Å². The molecule has 0 fully saturated rings. The number of nitrogens with zero attached hydrogens (tertiary/aromatic N) is 1. The zero-order chi connectivity index (χ0) is 16.1. The summed E-state index contributed by atoms with van der Waals surface area (Å²) in [7, 11) is 0. The molecule has 124 valence electrons. The molecule has 0 radical (unpaired) electrons. The van der Waals surface area contributed by atoms with Crippen molar-refractivity contribution >= 4 is 18.3 Å². The lowest BCUT2D eigenvalue weighted by Crippen LogP contribution is -2.38. The van der Waals surface area contributed by atoms with Gasteiger partial charge in [0.2, 0.25) is 5.91 Å². The Labute approximate surface area is 144 Å². The van der Waals surface area contributed by atoms with E-state index in [9.17, 15) is 4.79 Å². The van der Waals surface area contributed by atoms with Gasteiger partial charge in [0.15, 0.2) is 0 Å². The number of hydrogen-bond acceptors (Lipinski definition) is 2. The average Bonchev–Trinajstić information content (AvgIpc) is 2.53. The zero-order valence-electron chi connectivity index (χ0n) is 14.0. The third kappa shape index (κ3) is 4.81. The van der Waals surface area contributed by atoms with Gasteiger partial charge in [-0.25, -0.2) is 0 Å². The average molecular weight is 333 g/mol. The maximum absolute atomic E-state index is 12.7. The highest BCUT2D eigenvalue weighted by Gasteiger charge is 2.21. The number of benzene rings is 2. The molecule has 0 bridgehead atoms. The molecule has 2 rings (SSSR count). The van der Waals surface area contributed by atoms with Gasteiger partial charge in [0, 0.05) is 13.1 Å². The van der Waals surface area contributed by atoms with E-state index in [0.29, 0.717) is 13.1 Å². The monoisotopic (exact) mass is 332 g/mol. The third-order valence-corrected chi connectivity index (χ3v) is 4.02.